The summed E-state index contributed by atoms with van der Waals surface area (Å²) in [6, 6.07) is 9.75. The van der Waals surface area contributed by atoms with Gasteiger partial charge >= 0.3 is 0 Å². The van der Waals surface area contributed by atoms with E-state index in [0.717, 1.165) is 34.4 Å². The number of aromatic amines is 1. The Kier molecular flexibility index (Phi) is 3.44. The SMILES string of the molecule is NCCc1nc2c(C#Cc3cccnc3)cccc2[nH]1. The molecule has 3 aromatic rings. The number of fused-ring (bicyclic) bond motifs is 1. The van der Waals surface area contributed by atoms with Gasteiger partial charge < -0.3 is 10.7 Å². The molecule has 1 aromatic carbocycles. The van der Waals surface area contributed by atoms with Crippen LogP contribution in [0.2, 0.25) is 0 Å². The molecule has 0 unspecified atom stereocenters. The molecule has 98 valence electrons. The van der Waals surface area contributed by atoms with E-state index in [-0.39, 0.29) is 0 Å². The summed E-state index contributed by atoms with van der Waals surface area (Å²) in [5.74, 6) is 7.16. The minimum absolute atomic E-state index is 0.580. The molecule has 0 aliphatic heterocycles. The van der Waals surface area contributed by atoms with Crippen LogP contribution < -0.4 is 5.73 Å². The summed E-state index contributed by atoms with van der Waals surface area (Å²) in [6.07, 6.45) is 4.22. The molecule has 0 atom stereocenters. The summed E-state index contributed by atoms with van der Waals surface area (Å²) in [5, 5.41) is 0. The molecule has 3 rings (SSSR count). The first-order valence-electron chi connectivity index (χ1n) is 6.46. The Balaban J connectivity index is 2.01. The molecule has 0 aliphatic rings. The van der Waals surface area contributed by atoms with Crippen LogP contribution in [0.3, 0.4) is 0 Å². The van der Waals surface area contributed by atoms with Gasteiger partial charge in [-0.1, -0.05) is 17.9 Å². The van der Waals surface area contributed by atoms with Gasteiger partial charge in [-0.3, -0.25) is 4.98 Å². The quantitative estimate of drug-likeness (QED) is 0.693. The van der Waals surface area contributed by atoms with Gasteiger partial charge in [0.1, 0.15) is 11.3 Å². The molecule has 0 bridgehead atoms. The second-order valence-corrected chi connectivity index (χ2v) is 4.42. The minimum Gasteiger partial charge on any atom is -0.342 e. The summed E-state index contributed by atoms with van der Waals surface area (Å²) < 4.78 is 0. The zero-order chi connectivity index (χ0) is 13.8. The topological polar surface area (TPSA) is 67.6 Å². The number of nitrogens with one attached hydrogen (secondary N) is 1. The van der Waals surface area contributed by atoms with E-state index in [1.807, 2.05) is 30.3 Å². The van der Waals surface area contributed by atoms with E-state index < -0.39 is 0 Å². The van der Waals surface area contributed by atoms with Crippen LogP contribution in [-0.2, 0) is 6.42 Å². The Bertz CT molecular complexity index is 778. The highest BCUT2D eigenvalue weighted by Gasteiger charge is 2.05. The predicted octanol–water partition coefficient (Wildman–Crippen LogP) is 1.86. The Hall–Kier alpha value is -2.64. The van der Waals surface area contributed by atoms with E-state index in [1.165, 1.54) is 0 Å². The average molecular weight is 262 g/mol. The Labute approximate surface area is 117 Å². The molecule has 0 amide bonds. The van der Waals surface area contributed by atoms with Gasteiger partial charge in [-0.05, 0) is 30.8 Å². The zero-order valence-electron chi connectivity index (χ0n) is 10.9. The van der Waals surface area contributed by atoms with Crippen LogP contribution >= 0.6 is 0 Å². The van der Waals surface area contributed by atoms with Crippen LogP contribution in [0.25, 0.3) is 11.0 Å². The van der Waals surface area contributed by atoms with Gasteiger partial charge in [0.25, 0.3) is 0 Å². The van der Waals surface area contributed by atoms with Gasteiger partial charge in [-0.2, -0.15) is 0 Å². The highest BCUT2D eigenvalue weighted by molar-refractivity contribution is 5.82. The number of hydrogen-bond donors (Lipinski definition) is 2. The standard InChI is InChI=1S/C16H14N4/c17-9-8-15-19-14-5-1-4-13(16(14)20-15)7-6-12-3-2-10-18-11-12/h1-5,10-11H,8-9,17H2,(H,19,20). The molecule has 0 aliphatic carbocycles. The van der Waals surface area contributed by atoms with E-state index in [1.54, 1.807) is 12.4 Å². The number of rotatable bonds is 2. The van der Waals surface area contributed by atoms with Gasteiger partial charge in [-0.15, -0.1) is 0 Å². The predicted molar refractivity (Wildman–Crippen MR) is 79.1 cm³/mol. The second-order valence-electron chi connectivity index (χ2n) is 4.42. The van der Waals surface area contributed by atoms with E-state index in [0.29, 0.717) is 6.54 Å². The first-order chi connectivity index (χ1) is 9.86. The lowest BCUT2D eigenvalue weighted by Crippen LogP contribution is -2.03. The van der Waals surface area contributed by atoms with Crippen LogP contribution in [-0.4, -0.2) is 21.5 Å². The maximum absolute atomic E-state index is 5.56. The third-order valence-electron chi connectivity index (χ3n) is 2.95. The largest absolute Gasteiger partial charge is 0.342 e. The van der Waals surface area contributed by atoms with Crippen molar-refractivity contribution in [3.63, 3.8) is 0 Å². The number of pyridine rings is 1. The molecule has 20 heavy (non-hydrogen) atoms. The highest BCUT2D eigenvalue weighted by Crippen LogP contribution is 2.16. The van der Waals surface area contributed by atoms with Crippen molar-refractivity contribution in [2.75, 3.05) is 6.54 Å². The van der Waals surface area contributed by atoms with Crippen molar-refractivity contribution < 1.29 is 0 Å². The number of nitrogens with two attached hydrogens (primary N) is 1. The molecule has 0 spiro atoms. The molecular formula is C16H14N4. The molecule has 0 fully saturated rings. The van der Waals surface area contributed by atoms with Crippen LogP contribution in [0.4, 0.5) is 0 Å². The van der Waals surface area contributed by atoms with E-state index in [9.17, 15) is 0 Å². The summed E-state index contributed by atoms with van der Waals surface area (Å²) in [5.41, 5.74) is 9.25. The number of para-hydroxylation sites is 1. The fourth-order valence-corrected chi connectivity index (χ4v) is 2.02. The molecule has 0 saturated carbocycles. The van der Waals surface area contributed by atoms with Gasteiger partial charge in [0.05, 0.1) is 11.1 Å². The Morgan fingerprint density at radius 1 is 1.15 bits per heavy atom. The Morgan fingerprint density at radius 3 is 2.90 bits per heavy atom. The van der Waals surface area contributed by atoms with Crippen molar-refractivity contribution in [1.82, 2.24) is 15.0 Å². The number of nitrogens with zero attached hydrogens (tertiary/aromatic N) is 2. The summed E-state index contributed by atoms with van der Waals surface area (Å²) >= 11 is 0. The van der Waals surface area contributed by atoms with Crippen molar-refractivity contribution >= 4 is 11.0 Å². The summed E-state index contributed by atoms with van der Waals surface area (Å²) in [7, 11) is 0. The lowest BCUT2D eigenvalue weighted by molar-refractivity contribution is 0.900. The first kappa shape index (κ1) is 12.4. The van der Waals surface area contributed by atoms with Crippen LogP contribution in [0, 0.1) is 11.8 Å². The fourth-order valence-electron chi connectivity index (χ4n) is 2.02. The summed E-state index contributed by atoms with van der Waals surface area (Å²) in [6.45, 7) is 0.580. The molecule has 4 nitrogen and oxygen atoms in total. The molecule has 2 aromatic heterocycles. The number of aromatic nitrogens is 3. The molecule has 0 saturated heterocycles. The molecular weight excluding hydrogens is 248 g/mol. The monoisotopic (exact) mass is 262 g/mol. The normalized spacial score (nSPS) is 10.2. The highest BCUT2D eigenvalue weighted by atomic mass is 14.9. The number of imidazole rings is 1. The van der Waals surface area contributed by atoms with Gasteiger partial charge in [0.2, 0.25) is 0 Å². The number of benzene rings is 1. The van der Waals surface area contributed by atoms with E-state index in [2.05, 4.69) is 26.8 Å². The fraction of sp³-hybridized carbons (Fsp3) is 0.125. The number of H-pyrrole nitrogens is 1. The van der Waals surface area contributed by atoms with Gasteiger partial charge in [0, 0.05) is 24.4 Å². The first-order valence-corrected chi connectivity index (χ1v) is 6.46. The van der Waals surface area contributed by atoms with Crippen molar-refractivity contribution in [1.29, 1.82) is 0 Å². The van der Waals surface area contributed by atoms with Crippen molar-refractivity contribution in [3.05, 3.63) is 59.7 Å². The van der Waals surface area contributed by atoms with E-state index >= 15 is 0 Å². The average Bonchev–Trinajstić information content (AvgIpc) is 2.89. The van der Waals surface area contributed by atoms with Gasteiger partial charge in [-0.25, -0.2) is 4.98 Å². The molecule has 2 heterocycles. The third kappa shape index (κ3) is 2.53. The molecule has 3 N–H and O–H groups in total. The smallest absolute Gasteiger partial charge is 0.108 e. The van der Waals surface area contributed by atoms with Crippen molar-refractivity contribution in [2.24, 2.45) is 5.73 Å². The van der Waals surface area contributed by atoms with Crippen molar-refractivity contribution in [3.8, 4) is 11.8 Å². The second kappa shape index (κ2) is 5.55. The lowest BCUT2D eigenvalue weighted by atomic mass is 10.1. The van der Waals surface area contributed by atoms with Crippen LogP contribution in [0.1, 0.15) is 17.0 Å². The Morgan fingerprint density at radius 2 is 2.10 bits per heavy atom. The lowest BCUT2D eigenvalue weighted by Gasteiger charge is -1.92. The maximum Gasteiger partial charge on any atom is 0.108 e. The van der Waals surface area contributed by atoms with Crippen molar-refractivity contribution in [2.45, 2.75) is 6.42 Å². The summed E-state index contributed by atoms with van der Waals surface area (Å²) in [4.78, 5) is 11.9. The van der Waals surface area contributed by atoms with Crippen LogP contribution in [0.5, 0.6) is 0 Å². The third-order valence-corrected chi connectivity index (χ3v) is 2.95. The molecule has 4 heteroatoms. The maximum atomic E-state index is 5.56. The van der Waals surface area contributed by atoms with E-state index in [4.69, 9.17) is 5.73 Å². The van der Waals surface area contributed by atoms with Gasteiger partial charge in [0.15, 0.2) is 0 Å². The minimum atomic E-state index is 0.580. The van der Waals surface area contributed by atoms with Crippen LogP contribution in [0.15, 0.2) is 42.7 Å². The number of hydrogen-bond acceptors (Lipinski definition) is 3. The molecule has 0 radical (unpaired) electrons. The zero-order valence-corrected chi connectivity index (χ0v) is 10.9.